The normalized spacial score (nSPS) is 37.4. The molecule has 0 spiro atoms. The highest BCUT2D eigenvalue weighted by Crippen LogP contribution is 2.27. The van der Waals surface area contributed by atoms with E-state index in [0.29, 0.717) is 18.2 Å². The molecule has 2 fully saturated rings. The zero-order chi connectivity index (χ0) is 13.0. The van der Waals surface area contributed by atoms with Crippen molar-refractivity contribution in [1.82, 2.24) is 5.32 Å². The molecule has 2 rings (SSSR count). The Morgan fingerprint density at radius 1 is 1.11 bits per heavy atom. The van der Waals surface area contributed by atoms with E-state index >= 15 is 0 Å². The number of carbonyl (C=O) groups is 1. The minimum atomic E-state index is -0.120. The summed E-state index contributed by atoms with van der Waals surface area (Å²) in [6.45, 7) is 0. The van der Waals surface area contributed by atoms with Crippen LogP contribution in [0.3, 0.4) is 0 Å². The van der Waals surface area contributed by atoms with E-state index in [1.807, 2.05) is 7.11 Å². The van der Waals surface area contributed by atoms with Gasteiger partial charge in [0.05, 0.1) is 6.10 Å². The number of amides is 1. The Balaban J connectivity index is 1.72. The smallest absolute Gasteiger partial charge is 0.220 e. The van der Waals surface area contributed by atoms with E-state index in [-0.39, 0.29) is 11.8 Å². The molecule has 2 saturated carbocycles. The number of hydrogen-bond donors (Lipinski definition) is 2. The molecule has 2 aliphatic carbocycles. The zero-order valence-corrected chi connectivity index (χ0v) is 11.4. The average molecular weight is 254 g/mol. The summed E-state index contributed by atoms with van der Waals surface area (Å²) in [7, 11) is 1.81. The Labute approximate surface area is 110 Å². The van der Waals surface area contributed by atoms with Crippen LogP contribution < -0.4 is 11.1 Å². The fourth-order valence-corrected chi connectivity index (χ4v) is 3.39. The van der Waals surface area contributed by atoms with Crippen molar-refractivity contribution in [3.63, 3.8) is 0 Å². The van der Waals surface area contributed by atoms with E-state index in [1.165, 1.54) is 19.3 Å². The van der Waals surface area contributed by atoms with E-state index in [1.54, 1.807) is 0 Å². The molecule has 0 bridgehead atoms. The van der Waals surface area contributed by atoms with Crippen molar-refractivity contribution in [1.29, 1.82) is 0 Å². The number of hydrogen-bond acceptors (Lipinski definition) is 3. The highest BCUT2D eigenvalue weighted by molar-refractivity contribution is 5.76. The summed E-state index contributed by atoms with van der Waals surface area (Å²) in [5.74, 6) is -0.00769. The second-order valence-electron chi connectivity index (χ2n) is 5.84. The molecule has 0 aromatic heterocycles. The fraction of sp³-hybridized carbons (Fsp3) is 0.929. The summed E-state index contributed by atoms with van der Waals surface area (Å²) in [5.41, 5.74) is 5.36. The third-order valence-electron chi connectivity index (χ3n) is 4.56. The lowest BCUT2D eigenvalue weighted by Gasteiger charge is -2.35. The highest BCUT2D eigenvalue weighted by Gasteiger charge is 2.28. The first-order chi connectivity index (χ1) is 8.69. The van der Waals surface area contributed by atoms with Crippen molar-refractivity contribution in [2.45, 2.75) is 69.6 Å². The summed E-state index contributed by atoms with van der Waals surface area (Å²) >= 11 is 0. The van der Waals surface area contributed by atoms with E-state index in [2.05, 4.69) is 5.32 Å². The first-order valence-corrected chi connectivity index (χ1v) is 7.27. The van der Waals surface area contributed by atoms with Crippen molar-refractivity contribution in [3.05, 3.63) is 0 Å². The van der Waals surface area contributed by atoms with Gasteiger partial charge in [-0.2, -0.15) is 0 Å². The fourth-order valence-electron chi connectivity index (χ4n) is 3.39. The summed E-state index contributed by atoms with van der Waals surface area (Å²) in [6.07, 6.45) is 9.35. The molecule has 0 aliphatic heterocycles. The molecule has 0 saturated heterocycles. The van der Waals surface area contributed by atoms with E-state index < -0.39 is 0 Å². The predicted molar refractivity (Wildman–Crippen MR) is 71.1 cm³/mol. The van der Waals surface area contributed by atoms with Gasteiger partial charge in [-0.15, -0.1) is 0 Å². The molecular weight excluding hydrogens is 228 g/mol. The Morgan fingerprint density at radius 3 is 2.44 bits per heavy atom. The van der Waals surface area contributed by atoms with Gasteiger partial charge in [0.15, 0.2) is 0 Å². The minimum Gasteiger partial charge on any atom is -0.381 e. The van der Waals surface area contributed by atoms with Gasteiger partial charge in [-0.3, -0.25) is 4.79 Å². The van der Waals surface area contributed by atoms with Gasteiger partial charge in [0, 0.05) is 25.1 Å². The first kappa shape index (κ1) is 13.8. The van der Waals surface area contributed by atoms with Crippen molar-refractivity contribution < 1.29 is 9.53 Å². The van der Waals surface area contributed by atoms with Gasteiger partial charge in [-0.25, -0.2) is 0 Å². The molecule has 0 radical (unpaired) electrons. The molecular formula is C14H26N2O2. The van der Waals surface area contributed by atoms with E-state index in [9.17, 15) is 4.79 Å². The van der Waals surface area contributed by atoms with Crippen LogP contribution in [0, 0.1) is 5.92 Å². The predicted octanol–water partition coefficient (Wildman–Crippen LogP) is 1.58. The quantitative estimate of drug-likeness (QED) is 0.800. The summed E-state index contributed by atoms with van der Waals surface area (Å²) in [5, 5.41) is 3.75. The Morgan fingerprint density at radius 2 is 1.83 bits per heavy atom. The van der Waals surface area contributed by atoms with E-state index in [0.717, 1.165) is 32.1 Å². The molecule has 2 atom stereocenters. The van der Waals surface area contributed by atoms with Crippen molar-refractivity contribution in [3.8, 4) is 0 Å². The second-order valence-corrected chi connectivity index (χ2v) is 5.84. The van der Waals surface area contributed by atoms with Crippen LogP contribution in [0.15, 0.2) is 0 Å². The zero-order valence-electron chi connectivity index (χ0n) is 11.4. The van der Waals surface area contributed by atoms with Crippen LogP contribution in [0.1, 0.15) is 51.4 Å². The number of nitrogens with one attached hydrogen (secondary N) is 1. The van der Waals surface area contributed by atoms with Crippen LogP contribution in [0.5, 0.6) is 0 Å². The largest absolute Gasteiger partial charge is 0.381 e. The summed E-state index contributed by atoms with van der Waals surface area (Å²) in [4.78, 5) is 11.1. The molecule has 3 N–H and O–H groups in total. The lowest BCUT2D eigenvalue weighted by Crippen LogP contribution is -2.45. The van der Waals surface area contributed by atoms with Crippen LogP contribution in [0.25, 0.3) is 0 Å². The van der Waals surface area contributed by atoms with Crippen LogP contribution in [-0.4, -0.2) is 31.2 Å². The van der Waals surface area contributed by atoms with E-state index in [4.69, 9.17) is 10.5 Å². The number of methoxy groups -OCH3 is 1. The number of primary amides is 1. The number of rotatable bonds is 4. The number of ether oxygens (including phenoxy) is 1. The monoisotopic (exact) mass is 254 g/mol. The molecule has 18 heavy (non-hydrogen) atoms. The first-order valence-electron chi connectivity index (χ1n) is 7.27. The molecule has 104 valence electrons. The second kappa shape index (κ2) is 6.53. The molecule has 2 unspecified atom stereocenters. The standard InChI is InChI=1S/C14H26N2O2/c1-18-13-4-2-3-12(9-13)16-11-7-5-10(6-8-11)14(15)17/h10-13,16H,2-9H2,1H3,(H2,15,17). The van der Waals surface area contributed by atoms with Gasteiger partial charge >= 0.3 is 0 Å². The molecule has 0 heterocycles. The lowest BCUT2D eigenvalue weighted by atomic mass is 9.84. The van der Waals surface area contributed by atoms with Crippen LogP contribution >= 0.6 is 0 Å². The summed E-state index contributed by atoms with van der Waals surface area (Å²) in [6, 6.07) is 1.17. The van der Waals surface area contributed by atoms with Crippen LogP contribution in [0.2, 0.25) is 0 Å². The summed E-state index contributed by atoms with van der Waals surface area (Å²) < 4.78 is 5.46. The van der Waals surface area contributed by atoms with Gasteiger partial charge in [0.1, 0.15) is 0 Å². The molecule has 4 nitrogen and oxygen atoms in total. The topological polar surface area (TPSA) is 64.3 Å². The van der Waals surface area contributed by atoms with Crippen molar-refractivity contribution in [2.24, 2.45) is 11.7 Å². The Bertz CT molecular complexity index is 275. The molecule has 1 amide bonds. The van der Waals surface area contributed by atoms with Crippen LogP contribution in [-0.2, 0) is 9.53 Å². The van der Waals surface area contributed by atoms with Gasteiger partial charge in [0.2, 0.25) is 5.91 Å². The third kappa shape index (κ3) is 3.69. The molecule has 0 aromatic carbocycles. The van der Waals surface area contributed by atoms with Gasteiger partial charge in [0.25, 0.3) is 0 Å². The maximum absolute atomic E-state index is 11.1. The highest BCUT2D eigenvalue weighted by atomic mass is 16.5. The van der Waals surface area contributed by atoms with Crippen LogP contribution in [0.4, 0.5) is 0 Å². The number of nitrogens with two attached hydrogens (primary N) is 1. The Kier molecular flexibility index (Phi) is 5.01. The van der Waals surface area contributed by atoms with Gasteiger partial charge in [-0.1, -0.05) is 0 Å². The van der Waals surface area contributed by atoms with Crippen molar-refractivity contribution in [2.75, 3.05) is 7.11 Å². The molecule has 4 heteroatoms. The molecule has 2 aliphatic rings. The lowest BCUT2D eigenvalue weighted by molar-refractivity contribution is -0.122. The molecule has 0 aromatic rings. The van der Waals surface area contributed by atoms with Crippen molar-refractivity contribution >= 4 is 5.91 Å². The maximum atomic E-state index is 11.1. The average Bonchev–Trinajstić information content (AvgIpc) is 2.39. The Hall–Kier alpha value is -0.610. The van der Waals surface area contributed by atoms with Gasteiger partial charge < -0.3 is 15.8 Å². The minimum absolute atomic E-state index is 0.112. The third-order valence-corrected chi connectivity index (χ3v) is 4.56. The number of carbonyl (C=O) groups excluding carboxylic acids is 1. The SMILES string of the molecule is COC1CCCC(NC2CCC(C(N)=O)CC2)C1. The van der Waals surface area contributed by atoms with Gasteiger partial charge in [-0.05, 0) is 51.4 Å². The maximum Gasteiger partial charge on any atom is 0.220 e.